The zero-order chi connectivity index (χ0) is 13.4. The summed E-state index contributed by atoms with van der Waals surface area (Å²) in [5.74, 6) is 0. The molecular weight excluding hydrogens is 258 g/mol. The molecule has 3 heterocycles. The van der Waals surface area contributed by atoms with Crippen molar-refractivity contribution in [3.8, 4) is 0 Å². The average molecular weight is 271 g/mol. The minimum absolute atomic E-state index is 0.00593. The molecule has 3 aromatic rings. The quantitative estimate of drug-likeness (QED) is 0.719. The highest BCUT2D eigenvalue weighted by Crippen LogP contribution is 2.19. The highest BCUT2D eigenvalue weighted by atomic mass is 32.1. The molecule has 0 radical (unpaired) electrons. The molecule has 0 fully saturated rings. The van der Waals surface area contributed by atoms with Gasteiger partial charge in [0.05, 0.1) is 24.1 Å². The Balaban J connectivity index is 2.06. The fourth-order valence-corrected chi connectivity index (χ4v) is 2.98. The fraction of sp³-hybridized carbons (Fsp3) is 0.214. The van der Waals surface area contributed by atoms with Crippen molar-refractivity contribution in [1.82, 2.24) is 14.5 Å². The van der Waals surface area contributed by atoms with Gasteiger partial charge < -0.3 is 0 Å². The van der Waals surface area contributed by atoms with E-state index < -0.39 is 0 Å². The molecule has 3 rings (SSSR count). The Morgan fingerprint density at radius 1 is 1.32 bits per heavy atom. The zero-order valence-corrected chi connectivity index (χ0v) is 11.6. The van der Waals surface area contributed by atoms with Crippen LogP contribution in [0.1, 0.15) is 17.0 Å². The van der Waals surface area contributed by atoms with E-state index in [0.29, 0.717) is 11.2 Å². The van der Waals surface area contributed by atoms with Crippen LogP contribution in [0.3, 0.4) is 0 Å². The number of hydrogen-bond donors (Lipinski definition) is 0. The molecule has 0 aromatic carbocycles. The summed E-state index contributed by atoms with van der Waals surface area (Å²) >= 11 is 1.45. The lowest BCUT2D eigenvalue weighted by molar-refractivity contribution is 0.728. The maximum atomic E-state index is 12.3. The van der Waals surface area contributed by atoms with Crippen LogP contribution >= 0.6 is 11.3 Å². The van der Waals surface area contributed by atoms with Crippen LogP contribution in [-0.2, 0) is 6.54 Å². The van der Waals surface area contributed by atoms with E-state index in [9.17, 15) is 4.79 Å². The molecule has 19 heavy (non-hydrogen) atoms. The van der Waals surface area contributed by atoms with E-state index >= 15 is 0 Å². The molecule has 5 heteroatoms. The summed E-state index contributed by atoms with van der Waals surface area (Å²) in [6.07, 6.45) is 1.61. The maximum Gasteiger partial charge on any atom is 0.271 e. The summed E-state index contributed by atoms with van der Waals surface area (Å²) in [5.41, 5.74) is 3.69. The molecule has 0 saturated carbocycles. The standard InChI is InChI=1S/C14H13N3OS/c1-9-7-19-13-12(9)15-8-17(14(13)18)6-11-5-3-4-10(2)16-11/h3-5,7-8H,6H2,1-2H3. The molecule has 0 atom stereocenters. The van der Waals surface area contributed by atoms with E-state index in [1.165, 1.54) is 11.3 Å². The van der Waals surface area contributed by atoms with E-state index in [-0.39, 0.29) is 5.56 Å². The fourth-order valence-electron chi connectivity index (χ4n) is 2.04. The number of fused-ring (bicyclic) bond motifs is 1. The van der Waals surface area contributed by atoms with Crippen molar-refractivity contribution in [3.05, 3.63) is 57.2 Å². The van der Waals surface area contributed by atoms with E-state index in [2.05, 4.69) is 9.97 Å². The van der Waals surface area contributed by atoms with Gasteiger partial charge in [-0.2, -0.15) is 0 Å². The molecule has 0 saturated heterocycles. The predicted molar refractivity (Wildman–Crippen MR) is 76.7 cm³/mol. The molecule has 0 aliphatic rings. The third-order valence-electron chi connectivity index (χ3n) is 3.00. The molecule has 0 unspecified atom stereocenters. The second-order valence-electron chi connectivity index (χ2n) is 4.54. The molecule has 0 N–H and O–H groups in total. The van der Waals surface area contributed by atoms with Crippen molar-refractivity contribution in [1.29, 1.82) is 0 Å². The Bertz CT molecular complexity index is 804. The molecule has 96 valence electrons. The van der Waals surface area contributed by atoms with Gasteiger partial charge in [-0.1, -0.05) is 6.07 Å². The van der Waals surface area contributed by atoms with Crippen LogP contribution in [0.5, 0.6) is 0 Å². The summed E-state index contributed by atoms with van der Waals surface area (Å²) < 4.78 is 2.33. The van der Waals surface area contributed by atoms with Crippen LogP contribution in [0.25, 0.3) is 10.2 Å². The SMILES string of the molecule is Cc1cccc(Cn2cnc3c(C)csc3c2=O)n1. The first-order chi connectivity index (χ1) is 9.15. The van der Waals surface area contributed by atoms with E-state index in [4.69, 9.17) is 0 Å². The van der Waals surface area contributed by atoms with Crippen molar-refractivity contribution < 1.29 is 0 Å². The number of nitrogens with zero attached hydrogens (tertiary/aromatic N) is 3. The third kappa shape index (κ3) is 2.17. The maximum absolute atomic E-state index is 12.3. The predicted octanol–water partition coefficient (Wildman–Crippen LogP) is 2.52. The van der Waals surface area contributed by atoms with Crippen LogP contribution in [0.2, 0.25) is 0 Å². The van der Waals surface area contributed by atoms with Crippen molar-refractivity contribution in [3.63, 3.8) is 0 Å². The Labute approximate surface area is 114 Å². The summed E-state index contributed by atoms with van der Waals surface area (Å²) in [4.78, 5) is 21.1. The molecule has 0 bridgehead atoms. The van der Waals surface area contributed by atoms with Crippen molar-refractivity contribution >= 4 is 21.6 Å². The minimum atomic E-state index is 0.00593. The third-order valence-corrected chi connectivity index (χ3v) is 4.08. The number of aromatic nitrogens is 3. The Morgan fingerprint density at radius 2 is 2.16 bits per heavy atom. The smallest absolute Gasteiger partial charge is 0.271 e. The first-order valence-electron chi connectivity index (χ1n) is 6.01. The number of pyridine rings is 1. The molecule has 0 aliphatic carbocycles. The number of rotatable bonds is 2. The lowest BCUT2D eigenvalue weighted by Crippen LogP contribution is -2.20. The summed E-state index contributed by atoms with van der Waals surface area (Å²) in [7, 11) is 0. The lowest BCUT2D eigenvalue weighted by Gasteiger charge is -2.05. The van der Waals surface area contributed by atoms with Crippen LogP contribution < -0.4 is 5.56 Å². The van der Waals surface area contributed by atoms with Gasteiger partial charge in [0.1, 0.15) is 4.70 Å². The van der Waals surface area contributed by atoms with E-state index in [0.717, 1.165) is 22.5 Å². The number of aryl methyl sites for hydroxylation is 2. The second kappa shape index (κ2) is 4.59. The largest absolute Gasteiger partial charge is 0.292 e. The highest BCUT2D eigenvalue weighted by molar-refractivity contribution is 7.17. The van der Waals surface area contributed by atoms with Crippen LogP contribution in [0, 0.1) is 13.8 Å². The van der Waals surface area contributed by atoms with Gasteiger partial charge >= 0.3 is 0 Å². The van der Waals surface area contributed by atoms with Crippen LogP contribution in [0.4, 0.5) is 0 Å². The van der Waals surface area contributed by atoms with E-state index in [1.54, 1.807) is 10.9 Å². The molecular formula is C14H13N3OS. The monoisotopic (exact) mass is 271 g/mol. The van der Waals surface area contributed by atoms with Gasteiger partial charge in [-0.05, 0) is 36.9 Å². The van der Waals surface area contributed by atoms with Gasteiger partial charge in [0, 0.05) is 5.69 Å². The lowest BCUT2D eigenvalue weighted by atomic mass is 10.3. The summed E-state index contributed by atoms with van der Waals surface area (Å²) in [5, 5.41) is 1.97. The second-order valence-corrected chi connectivity index (χ2v) is 5.42. The Kier molecular flexibility index (Phi) is 2.91. The first kappa shape index (κ1) is 12.0. The van der Waals surface area contributed by atoms with Crippen molar-refractivity contribution in [2.24, 2.45) is 0 Å². The summed E-state index contributed by atoms with van der Waals surface area (Å²) in [6.45, 7) is 4.37. The Morgan fingerprint density at radius 3 is 2.95 bits per heavy atom. The van der Waals surface area contributed by atoms with Crippen molar-refractivity contribution in [2.75, 3.05) is 0 Å². The van der Waals surface area contributed by atoms with E-state index in [1.807, 2.05) is 37.4 Å². The molecule has 0 spiro atoms. The molecule has 3 aromatic heterocycles. The number of hydrogen-bond acceptors (Lipinski definition) is 4. The molecule has 0 aliphatic heterocycles. The van der Waals surface area contributed by atoms with Crippen LogP contribution in [0.15, 0.2) is 34.7 Å². The van der Waals surface area contributed by atoms with Gasteiger partial charge in [-0.25, -0.2) is 4.98 Å². The summed E-state index contributed by atoms with van der Waals surface area (Å²) in [6, 6.07) is 5.81. The van der Waals surface area contributed by atoms with Gasteiger partial charge in [0.25, 0.3) is 5.56 Å². The van der Waals surface area contributed by atoms with Crippen molar-refractivity contribution in [2.45, 2.75) is 20.4 Å². The molecule has 0 amide bonds. The number of thiophene rings is 1. The van der Waals surface area contributed by atoms with Gasteiger partial charge in [-0.3, -0.25) is 14.3 Å². The topological polar surface area (TPSA) is 47.8 Å². The molecule has 4 nitrogen and oxygen atoms in total. The Hall–Kier alpha value is -2.01. The van der Waals surface area contributed by atoms with Crippen LogP contribution in [-0.4, -0.2) is 14.5 Å². The highest BCUT2D eigenvalue weighted by Gasteiger charge is 2.08. The minimum Gasteiger partial charge on any atom is -0.292 e. The van der Waals surface area contributed by atoms with Gasteiger partial charge in [-0.15, -0.1) is 11.3 Å². The van der Waals surface area contributed by atoms with Gasteiger partial charge in [0.15, 0.2) is 0 Å². The first-order valence-corrected chi connectivity index (χ1v) is 6.89. The normalized spacial score (nSPS) is 11.1. The average Bonchev–Trinajstić information content (AvgIpc) is 2.76. The zero-order valence-electron chi connectivity index (χ0n) is 10.8. The van der Waals surface area contributed by atoms with Gasteiger partial charge in [0.2, 0.25) is 0 Å².